The van der Waals surface area contributed by atoms with Gasteiger partial charge >= 0.3 is 0 Å². The Bertz CT molecular complexity index is 2030. The zero-order valence-electron chi connectivity index (χ0n) is 25.5. The summed E-state index contributed by atoms with van der Waals surface area (Å²) in [4.78, 5) is 6.42. The van der Waals surface area contributed by atoms with Crippen molar-refractivity contribution in [3.05, 3.63) is 188 Å². The second-order valence-corrected chi connectivity index (χ2v) is 14.1. The average molecular weight is 598 g/mol. The number of hydrogen-bond acceptors (Lipinski definition) is 2. The van der Waals surface area contributed by atoms with Gasteiger partial charge in [-0.05, 0) is 88.8 Å². The van der Waals surface area contributed by atoms with Gasteiger partial charge in [-0.15, -0.1) is 11.3 Å². The number of hydrogen-bond donors (Lipinski definition) is 0. The van der Waals surface area contributed by atoms with Gasteiger partial charge < -0.3 is 0 Å². The number of benzene rings is 4. The zero-order valence-corrected chi connectivity index (χ0v) is 26.4. The minimum atomic E-state index is -0.363. The Hall–Kier alpha value is -4.53. The first kappa shape index (κ1) is 26.8. The molecule has 218 valence electrons. The van der Waals surface area contributed by atoms with Crippen LogP contribution in [0.5, 0.6) is 0 Å². The molecule has 0 spiro atoms. The van der Waals surface area contributed by atoms with Crippen molar-refractivity contribution in [1.29, 1.82) is 0 Å². The maximum Gasteiger partial charge on any atom is 0.101 e. The van der Waals surface area contributed by atoms with Crippen molar-refractivity contribution >= 4 is 17.4 Å². The Kier molecular flexibility index (Phi) is 6.28. The van der Waals surface area contributed by atoms with Gasteiger partial charge in [0.05, 0.1) is 16.0 Å². The van der Waals surface area contributed by atoms with Crippen LogP contribution in [0.25, 0.3) is 17.2 Å². The first-order valence-corrected chi connectivity index (χ1v) is 17.1. The second kappa shape index (κ2) is 10.5. The van der Waals surface area contributed by atoms with E-state index < -0.39 is 0 Å². The van der Waals surface area contributed by atoms with Crippen molar-refractivity contribution in [2.24, 2.45) is 0 Å². The number of thiazole rings is 1. The van der Waals surface area contributed by atoms with Crippen molar-refractivity contribution in [3.63, 3.8) is 0 Å². The number of aromatic nitrogens is 1. The Morgan fingerprint density at radius 1 is 0.778 bits per heavy atom. The normalized spacial score (nSPS) is 20.5. The van der Waals surface area contributed by atoms with Gasteiger partial charge in [0.1, 0.15) is 5.01 Å². The molecule has 1 heterocycles. The molecule has 9 rings (SSSR count). The number of nitrogens with zero attached hydrogens (tertiary/aromatic N) is 1. The molecular formula is C43H35NS. The van der Waals surface area contributed by atoms with Crippen molar-refractivity contribution in [2.45, 2.75) is 49.9 Å². The standard InChI is InChI=1S/C43H35NS/c1-28-16-22-36-37-23-21-32(27-39(37)43(38(36)24-28,34-10-4-2-5-11-34)35-12-6-3-7-13-35)30-17-18-31-26-33(20-19-29(31)25-30)42-44-40-14-8-9-15-41(40)45-42/h2-7,9-13,15-19,21-24,26-27,30,33H,8,14,20,25H2,1H3. The molecule has 0 saturated carbocycles. The molecule has 45 heavy (non-hydrogen) atoms. The van der Waals surface area contributed by atoms with Crippen molar-refractivity contribution < 1.29 is 0 Å². The molecule has 0 saturated heterocycles. The molecule has 4 aliphatic carbocycles. The van der Waals surface area contributed by atoms with Gasteiger partial charge in [0.2, 0.25) is 0 Å². The van der Waals surface area contributed by atoms with Crippen LogP contribution in [-0.2, 0) is 11.8 Å². The quantitative estimate of drug-likeness (QED) is 0.197. The highest BCUT2D eigenvalue weighted by atomic mass is 32.1. The van der Waals surface area contributed by atoms with Crippen LogP contribution in [0.1, 0.15) is 80.1 Å². The van der Waals surface area contributed by atoms with Crippen LogP contribution in [-0.4, -0.2) is 4.98 Å². The summed E-state index contributed by atoms with van der Waals surface area (Å²) >= 11 is 1.89. The molecule has 0 bridgehead atoms. The van der Waals surface area contributed by atoms with Gasteiger partial charge in [-0.2, -0.15) is 0 Å². The smallest absolute Gasteiger partial charge is 0.101 e. The molecular weight excluding hydrogens is 563 g/mol. The van der Waals surface area contributed by atoms with E-state index in [1.54, 1.807) is 0 Å². The molecule has 0 radical (unpaired) electrons. The molecule has 0 aliphatic heterocycles. The SMILES string of the molecule is Cc1ccc2c(c1)C(c1ccccc1)(c1ccccc1)c1cc(C3C=CC4=CC(c5nc6c(s5)C=CCC6)CC=C4C3)ccc1-2. The minimum absolute atomic E-state index is 0.349. The van der Waals surface area contributed by atoms with Crippen LogP contribution >= 0.6 is 11.3 Å². The number of fused-ring (bicyclic) bond motifs is 5. The molecule has 4 aromatic carbocycles. The van der Waals surface area contributed by atoms with E-state index >= 15 is 0 Å². The van der Waals surface area contributed by atoms with Crippen LogP contribution in [0.3, 0.4) is 0 Å². The lowest BCUT2D eigenvalue weighted by Gasteiger charge is -2.34. The van der Waals surface area contributed by atoms with E-state index in [1.807, 2.05) is 11.3 Å². The average Bonchev–Trinajstić information content (AvgIpc) is 3.66. The van der Waals surface area contributed by atoms with E-state index in [1.165, 1.54) is 71.2 Å². The molecule has 1 aromatic heterocycles. The Balaban J connectivity index is 1.13. The highest BCUT2D eigenvalue weighted by Gasteiger charge is 2.46. The zero-order chi connectivity index (χ0) is 30.0. The van der Waals surface area contributed by atoms with Gasteiger partial charge in [0, 0.05) is 11.8 Å². The lowest BCUT2D eigenvalue weighted by Crippen LogP contribution is -2.28. The summed E-state index contributed by atoms with van der Waals surface area (Å²) in [6.07, 6.45) is 18.6. The van der Waals surface area contributed by atoms with E-state index in [9.17, 15) is 0 Å². The third-order valence-corrected chi connectivity index (χ3v) is 11.5. The first-order valence-electron chi connectivity index (χ1n) is 16.3. The van der Waals surface area contributed by atoms with E-state index in [-0.39, 0.29) is 5.41 Å². The van der Waals surface area contributed by atoms with Gasteiger partial charge in [0.15, 0.2) is 0 Å². The molecule has 0 N–H and O–H groups in total. The van der Waals surface area contributed by atoms with Gasteiger partial charge in [-0.1, -0.05) is 133 Å². The van der Waals surface area contributed by atoms with Gasteiger partial charge in [-0.3, -0.25) is 0 Å². The summed E-state index contributed by atoms with van der Waals surface area (Å²) < 4.78 is 0. The molecule has 2 atom stereocenters. The maximum absolute atomic E-state index is 5.06. The second-order valence-electron chi connectivity index (χ2n) is 13.0. The molecule has 0 amide bonds. The van der Waals surface area contributed by atoms with Crippen LogP contribution < -0.4 is 0 Å². The Morgan fingerprint density at radius 3 is 2.27 bits per heavy atom. The van der Waals surface area contributed by atoms with E-state index in [0.29, 0.717) is 11.8 Å². The Morgan fingerprint density at radius 2 is 1.51 bits per heavy atom. The van der Waals surface area contributed by atoms with Crippen LogP contribution in [0, 0.1) is 6.92 Å². The van der Waals surface area contributed by atoms with Crippen molar-refractivity contribution in [3.8, 4) is 11.1 Å². The van der Waals surface area contributed by atoms with E-state index in [2.05, 4.69) is 140 Å². The van der Waals surface area contributed by atoms with Crippen LogP contribution in [0.4, 0.5) is 0 Å². The summed E-state index contributed by atoms with van der Waals surface area (Å²) in [5.74, 6) is 0.732. The number of allylic oxidation sites excluding steroid dienone is 7. The summed E-state index contributed by atoms with van der Waals surface area (Å²) in [6, 6.07) is 36.6. The van der Waals surface area contributed by atoms with E-state index in [0.717, 1.165) is 25.7 Å². The summed E-state index contributed by atoms with van der Waals surface area (Å²) in [5.41, 5.74) is 14.6. The molecule has 2 unspecified atom stereocenters. The molecule has 1 nitrogen and oxygen atoms in total. The fraction of sp³-hybridized carbons (Fsp3) is 0.186. The highest BCUT2D eigenvalue weighted by molar-refractivity contribution is 7.12. The number of aryl methyl sites for hydroxylation is 2. The van der Waals surface area contributed by atoms with Crippen molar-refractivity contribution in [2.75, 3.05) is 0 Å². The summed E-state index contributed by atoms with van der Waals surface area (Å²) in [7, 11) is 0. The molecule has 5 aromatic rings. The van der Waals surface area contributed by atoms with Gasteiger partial charge in [-0.25, -0.2) is 4.98 Å². The van der Waals surface area contributed by atoms with Crippen LogP contribution in [0.2, 0.25) is 0 Å². The predicted octanol–water partition coefficient (Wildman–Crippen LogP) is 10.9. The Labute approximate surface area is 270 Å². The summed E-state index contributed by atoms with van der Waals surface area (Å²) in [5, 5.41) is 1.27. The molecule has 2 heteroatoms. The lowest BCUT2D eigenvalue weighted by molar-refractivity contribution is 0.747. The summed E-state index contributed by atoms with van der Waals surface area (Å²) in [6.45, 7) is 2.22. The molecule has 0 fully saturated rings. The van der Waals surface area contributed by atoms with Gasteiger partial charge in [0.25, 0.3) is 0 Å². The topological polar surface area (TPSA) is 12.9 Å². The molecule has 4 aliphatic rings. The lowest BCUT2D eigenvalue weighted by atomic mass is 9.67. The largest absolute Gasteiger partial charge is 0.245 e. The first-order chi connectivity index (χ1) is 22.2. The minimum Gasteiger partial charge on any atom is -0.245 e. The number of rotatable bonds is 4. The monoisotopic (exact) mass is 597 g/mol. The van der Waals surface area contributed by atoms with E-state index in [4.69, 9.17) is 4.98 Å². The van der Waals surface area contributed by atoms with Crippen LogP contribution in [0.15, 0.2) is 139 Å². The predicted molar refractivity (Wildman–Crippen MR) is 188 cm³/mol. The third kappa shape index (κ3) is 4.23. The maximum atomic E-state index is 5.06. The van der Waals surface area contributed by atoms with Crippen molar-refractivity contribution in [1.82, 2.24) is 4.98 Å². The fourth-order valence-electron chi connectivity index (χ4n) is 8.18. The third-order valence-electron chi connectivity index (χ3n) is 10.4. The highest BCUT2D eigenvalue weighted by Crippen LogP contribution is 2.57. The fourth-order valence-corrected chi connectivity index (χ4v) is 9.31.